The molecule has 7 heteroatoms. The Balaban J connectivity index is 1.71. The molecule has 1 atom stereocenters. The van der Waals surface area contributed by atoms with Gasteiger partial charge in [0.15, 0.2) is 21.3 Å². The van der Waals surface area contributed by atoms with Crippen molar-refractivity contribution in [3.63, 3.8) is 0 Å². The summed E-state index contributed by atoms with van der Waals surface area (Å²) in [5.74, 6) is 0.940. The molecule has 0 aromatic heterocycles. The summed E-state index contributed by atoms with van der Waals surface area (Å²) in [4.78, 5) is 14.7. The number of carbonyl (C=O) groups is 1. The quantitative estimate of drug-likeness (QED) is 0.650. The highest BCUT2D eigenvalue weighted by molar-refractivity contribution is 7.91. The topological polar surface area (TPSA) is 72.9 Å². The number of hydrogen-bond donors (Lipinski definition) is 0. The van der Waals surface area contributed by atoms with E-state index < -0.39 is 9.84 Å². The molecule has 1 amide bonds. The van der Waals surface area contributed by atoms with Crippen LogP contribution in [0.3, 0.4) is 0 Å². The maximum Gasteiger partial charge on any atom is 0.246 e. The van der Waals surface area contributed by atoms with Gasteiger partial charge in [0.05, 0.1) is 24.9 Å². The largest absolute Gasteiger partial charge is 0.493 e. The molecule has 1 fully saturated rings. The van der Waals surface area contributed by atoms with Gasteiger partial charge in [-0.05, 0) is 48.7 Å². The van der Waals surface area contributed by atoms with Crippen molar-refractivity contribution in [1.29, 1.82) is 0 Å². The molecular weight excluding hydrogens is 390 g/mol. The van der Waals surface area contributed by atoms with Gasteiger partial charge in [0.2, 0.25) is 5.91 Å². The first-order valence-corrected chi connectivity index (χ1v) is 11.1. The maximum absolute atomic E-state index is 12.7. The third kappa shape index (κ3) is 4.98. The lowest BCUT2D eigenvalue weighted by Gasteiger charge is -2.23. The van der Waals surface area contributed by atoms with E-state index >= 15 is 0 Å². The van der Waals surface area contributed by atoms with Crippen molar-refractivity contribution in [2.45, 2.75) is 23.8 Å². The summed E-state index contributed by atoms with van der Waals surface area (Å²) in [5, 5.41) is 0. The number of carbonyl (C=O) groups excluding carboxylic acids is 1. The van der Waals surface area contributed by atoms with E-state index in [1.807, 2.05) is 6.07 Å². The number of ether oxygens (including phenoxy) is 2. The molecule has 154 valence electrons. The number of methoxy groups -OCH3 is 2. The molecule has 6 nitrogen and oxygen atoms in total. The van der Waals surface area contributed by atoms with E-state index in [-0.39, 0.29) is 17.7 Å². The maximum atomic E-state index is 12.7. The van der Waals surface area contributed by atoms with Gasteiger partial charge in [-0.3, -0.25) is 4.79 Å². The Hall–Kier alpha value is -2.80. The van der Waals surface area contributed by atoms with Gasteiger partial charge in [-0.15, -0.1) is 0 Å². The summed E-state index contributed by atoms with van der Waals surface area (Å²) >= 11 is 0. The number of sulfone groups is 1. The summed E-state index contributed by atoms with van der Waals surface area (Å²) in [6.45, 7) is 0.560. The van der Waals surface area contributed by atoms with Crippen molar-refractivity contribution in [2.24, 2.45) is 0 Å². The Morgan fingerprint density at radius 1 is 1.10 bits per heavy atom. The Bertz CT molecular complexity index is 986. The molecule has 29 heavy (non-hydrogen) atoms. The highest BCUT2D eigenvalue weighted by Gasteiger charge is 2.32. The lowest BCUT2D eigenvalue weighted by Crippen LogP contribution is -2.38. The molecule has 0 aliphatic carbocycles. The van der Waals surface area contributed by atoms with Crippen LogP contribution in [0.2, 0.25) is 0 Å². The van der Waals surface area contributed by atoms with Gasteiger partial charge in [-0.2, -0.15) is 0 Å². The molecule has 2 aromatic rings. The second-order valence-electron chi connectivity index (χ2n) is 6.87. The predicted molar refractivity (Wildman–Crippen MR) is 112 cm³/mol. The molecule has 1 aliphatic heterocycles. The standard InChI is InChI=1S/C22H25NO5S/c1-27-20-12-10-17(15-21(20)28-2)11-13-22(24)23-14-6-7-18(23)16-29(25,26)19-8-4-3-5-9-19/h3-5,8-13,15,18H,6-7,14,16H2,1-2H3/b13-11+. The van der Waals surface area contributed by atoms with E-state index in [0.717, 1.165) is 12.0 Å². The molecule has 1 aliphatic rings. The van der Waals surface area contributed by atoms with Crippen molar-refractivity contribution >= 4 is 21.8 Å². The summed E-state index contributed by atoms with van der Waals surface area (Å²) in [7, 11) is -0.325. The Morgan fingerprint density at radius 3 is 2.52 bits per heavy atom. The first-order valence-electron chi connectivity index (χ1n) is 9.43. The first kappa shape index (κ1) is 20.9. The lowest BCUT2D eigenvalue weighted by molar-refractivity contribution is -0.126. The normalized spacial score (nSPS) is 16.9. The molecule has 0 radical (unpaired) electrons. The molecule has 1 saturated heterocycles. The van der Waals surface area contributed by atoms with Crippen molar-refractivity contribution in [2.75, 3.05) is 26.5 Å². The van der Waals surface area contributed by atoms with Gasteiger partial charge in [-0.25, -0.2) is 8.42 Å². The van der Waals surface area contributed by atoms with Crippen LogP contribution in [0.1, 0.15) is 18.4 Å². The van der Waals surface area contributed by atoms with Crippen LogP contribution in [-0.4, -0.2) is 51.8 Å². The average Bonchev–Trinajstić information content (AvgIpc) is 3.19. The second kappa shape index (κ2) is 9.13. The summed E-state index contributed by atoms with van der Waals surface area (Å²) < 4.78 is 35.9. The highest BCUT2D eigenvalue weighted by atomic mass is 32.2. The lowest BCUT2D eigenvalue weighted by atomic mass is 10.2. The van der Waals surface area contributed by atoms with Crippen LogP contribution in [0.15, 0.2) is 59.5 Å². The van der Waals surface area contributed by atoms with E-state index in [1.54, 1.807) is 67.7 Å². The number of hydrogen-bond acceptors (Lipinski definition) is 5. The first-order chi connectivity index (χ1) is 13.9. The van der Waals surface area contributed by atoms with Crippen molar-refractivity contribution in [3.8, 4) is 11.5 Å². The zero-order valence-electron chi connectivity index (χ0n) is 16.6. The van der Waals surface area contributed by atoms with E-state index in [9.17, 15) is 13.2 Å². The minimum atomic E-state index is -3.44. The number of benzene rings is 2. The Labute approximate surface area is 171 Å². The van der Waals surface area contributed by atoms with Crippen LogP contribution in [0.5, 0.6) is 11.5 Å². The summed E-state index contributed by atoms with van der Waals surface area (Å²) in [6.07, 6.45) is 4.66. The molecular formula is C22H25NO5S. The second-order valence-corrected chi connectivity index (χ2v) is 8.90. The van der Waals surface area contributed by atoms with E-state index in [0.29, 0.717) is 29.4 Å². The molecule has 0 N–H and O–H groups in total. The SMILES string of the molecule is COc1ccc(/C=C/C(=O)N2CCCC2CS(=O)(=O)c2ccccc2)cc1OC. The average molecular weight is 416 g/mol. The van der Waals surface area contributed by atoms with Crippen molar-refractivity contribution < 1.29 is 22.7 Å². The van der Waals surface area contributed by atoms with Gasteiger partial charge in [0.25, 0.3) is 0 Å². The Morgan fingerprint density at radius 2 is 1.83 bits per heavy atom. The number of rotatable bonds is 7. The zero-order chi connectivity index (χ0) is 20.9. The fourth-order valence-electron chi connectivity index (χ4n) is 3.50. The number of likely N-dealkylation sites (tertiary alicyclic amines) is 1. The highest BCUT2D eigenvalue weighted by Crippen LogP contribution is 2.28. The van der Waals surface area contributed by atoms with E-state index in [2.05, 4.69) is 0 Å². The number of amides is 1. The fraction of sp³-hybridized carbons (Fsp3) is 0.318. The summed E-state index contributed by atoms with van der Waals surface area (Å²) in [6, 6.07) is 13.4. The van der Waals surface area contributed by atoms with Crippen LogP contribution in [0, 0.1) is 0 Å². The van der Waals surface area contributed by atoms with E-state index in [1.165, 1.54) is 6.08 Å². The number of nitrogens with zero attached hydrogens (tertiary/aromatic N) is 1. The van der Waals surface area contributed by atoms with Gasteiger partial charge >= 0.3 is 0 Å². The minimum absolute atomic E-state index is 0.0625. The predicted octanol–water partition coefficient (Wildman–Crippen LogP) is 3.18. The van der Waals surface area contributed by atoms with Gasteiger partial charge in [-0.1, -0.05) is 24.3 Å². The third-order valence-corrected chi connectivity index (χ3v) is 6.81. The van der Waals surface area contributed by atoms with Gasteiger partial charge < -0.3 is 14.4 Å². The molecule has 0 saturated carbocycles. The molecule has 2 aromatic carbocycles. The Kier molecular flexibility index (Phi) is 6.59. The van der Waals surface area contributed by atoms with Crippen LogP contribution < -0.4 is 9.47 Å². The van der Waals surface area contributed by atoms with Crippen molar-refractivity contribution in [1.82, 2.24) is 4.90 Å². The van der Waals surface area contributed by atoms with Crippen LogP contribution in [0.25, 0.3) is 6.08 Å². The smallest absolute Gasteiger partial charge is 0.246 e. The fourth-order valence-corrected chi connectivity index (χ4v) is 5.11. The molecule has 1 unspecified atom stereocenters. The van der Waals surface area contributed by atoms with Crippen molar-refractivity contribution in [3.05, 3.63) is 60.2 Å². The molecule has 0 bridgehead atoms. The monoisotopic (exact) mass is 415 g/mol. The summed E-state index contributed by atoms with van der Waals surface area (Å²) in [5.41, 5.74) is 0.795. The molecule has 3 rings (SSSR count). The zero-order valence-corrected chi connectivity index (χ0v) is 17.4. The minimum Gasteiger partial charge on any atom is -0.493 e. The van der Waals surface area contributed by atoms with Crippen LogP contribution in [-0.2, 0) is 14.6 Å². The molecule has 0 spiro atoms. The molecule has 1 heterocycles. The van der Waals surface area contributed by atoms with Crippen LogP contribution >= 0.6 is 0 Å². The van der Waals surface area contributed by atoms with Gasteiger partial charge in [0, 0.05) is 18.7 Å². The van der Waals surface area contributed by atoms with Crippen LogP contribution in [0.4, 0.5) is 0 Å². The third-order valence-electron chi connectivity index (χ3n) is 5.00. The van der Waals surface area contributed by atoms with E-state index in [4.69, 9.17) is 9.47 Å². The van der Waals surface area contributed by atoms with Gasteiger partial charge in [0.1, 0.15) is 0 Å².